The summed E-state index contributed by atoms with van der Waals surface area (Å²) < 4.78 is 0. The summed E-state index contributed by atoms with van der Waals surface area (Å²) in [5.41, 5.74) is 4.78. The van der Waals surface area contributed by atoms with Crippen LogP contribution in [0.1, 0.15) is 0 Å². The molecule has 0 aromatic carbocycles. The van der Waals surface area contributed by atoms with Crippen LogP contribution >= 0.6 is 0 Å². The summed E-state index contributed by atoms with van der Waals surface area (Å²) in [6, 6.07) is 0. The molecule has 0 bridgehead atoms. The summed E-state index contributed by atoms with van der Waals surface area (Å²) in [7, 11) is 0. The SMILES string of the molecule is NCCO.[OH]. The summed E-state index contributed by atoms with van der Waals surface area (Å²) in [6.45, 7) is 0.472. The molecule has 0 spiro atoms. The van der Waals surface area contributed by atoms with E-state index in [9.17, 15) is 0 Å². The molecule has 0 rings (SSSR count). The lowest BCUT2D eigenvalue weighted by Crippen LogP contribution is -2.02. The standard InChI is InChI=1S/C2H7NO.HO/c3-1-2-4;/h4H,1-3H2;1H. The van der Waals surface area contributed by atoms with Crippen molar-refractivity contribution < 1.29 is 10.6 Å². The molecule has 0 aliphatic carbocycles. The van der Waals surface area contributed by atoms with Crippen LogP contribution in [-0.2, 0) is 0 Å². The molecule has 3 heteroatoms. The van der Waals surface area contributed by atoms with Crippen molar-refractivity contribution in [3.05, 3.63) is 0 Å². The predicted molar refractivity (Wildman–Crippen MR) is 18.1 cm³/mol. The maximum Gasteiger partial charge on any atom is 0.0553 e. The van der Waals surface area contributed by atoms with E-state index in [0.717, 1.165) is 0 Å². The van der Waals surface area contributed by atoms with E-state index in [2.05, 4.69) is 0 Å². The molecule has 0 saturated carbocycles. The van der Waals surface area contributed by atoms with Gasteiger partial charge in [0.15, 0.2) is 0 Å². The second kappa shape index (κ2) is 9.11. The molecule has 0 aliphatic heterocycles. The molecular weight excluding hydrogens is 70.0 g/mol. The van der Waals surface area contributed by atoms with Crippen molar-refractivity contribution in [1.82, 2.24) is 0 Å². The van der Waals surface area contributed by atoms with Gasteiger partial charge in [-0.1, -0.05) is 0 Å². The Labute approximate surface area is 30.7 Å². The van der Waals surface area contributed by atoms with Gasteiger partial charge in [0.1, 0.15) is 0 Å². The lowest BCUT2D eigenvalue weighted by molar-refractivity contribution is 0.306. The molecule has 0 amide bonds. The van der Waals surface area contributed by atoms with Gasteiger partial charge in [-0.25, -0.2) is 0 Å². The lowest BCUT2D eigenvalue weighted by Gasteiger charge is -1.71. The number of hydrogen-bond donors (Lipinski definition) is 3. The number of rotatable bonds is 1. The van der Waals surface area contributed by atoms with Crippen LogP contribution in [0.4, 0.5) is 0 Å². The first kappa shape index (κ1) is 8.86. The molecule has 0 atom stereocenters. The molecule has 0 unspecified atom stereocenters. The Bertz CT molecular complexity index is 9.61. The van der Waals surface area contributed by atoms with Gasteiger partial charge in [-0.05, 0) is 0 Å². The summed E-state index contributed by atoms with van der Waals surface area (Å²) >= 11 is 0. The minimum Gasteiger partial charge on any atom is -0.395 e. The highest BCUT2D eigenvalue weighted by Gasteiger charge is 1.56. The number of aliphatic hydroxyl groups excluding tert-OH is 1. The Morgan fingerprint density at radius 1 is 1.60 bits per heavy atom. The van der Waals surface area contributed by atoms with Gasteiger partial charge in [0.05, 0.1) is 6.61 Å². The van der Waals surface area contributed by atoms with E-state index in [1.807, 2.05) is 0 Å². The zero-order chi connectivity index (χ0) is 3.41. The van der Waals surface area contributed by atoms with Crippen molar-refractivity contribution in [2.45, 2.75) is 0 Å². The van der Waals surface area contributed by atoms with Gasteiger partial charge in [-0.15, -0.1) is 0 Å². The average molecular weight is 78.1 g/mol. The van der Waals surface area contributed by atoms with E-state index in [1.54, 1.807) is 0 Å². The number of hydrogen-bond acceptors (Lipinski definition) is 2. The Morgan fingerprint density at radius 2 is 1.80 bits per heavy atom. The van der Waals surface area contributed by atoms with Crippen LogP contribution in [0.2, 0.25) is 0 Å². The largest absolute Gasteiger partial charge is 0.395 e. The molecule has 1 radical (unpaired) electrons. The van der Waals surface area contributed by atoms with Gasteiger partial charge in [0.25, 0.3) is 0 Å². The fourth-order valence-corrected chi connectivity index (χ4v) is 0. The number of aliphatic hydroxyl groups is 1. The van der Waals surface area contributed by atoms with Crippen molar-refractivity contribution in [3.63, 3.8) is 0 Å². The maximum atomic E-state index is 7.75. The minimum absolute atomic E-state index is 0. The van der Waals surface area contributed by atoms with E-state index >= 15 is 0 Å². The molecule has 0 heterocycles. The Morgan fingerprint density at radius 3 is 1.80 bits per heavy atom. The summed E-state index contributed by atoms with van der Waals surface area (Å²) in [5, 5.41) is 7.75. The van der Waals surface area contributed by atoms with Crippen LogP contribution in [0.25, 0.3) is 0 Å². The topological polar surface area (TPSA) is 76.2 Å². The quantitative estimate of drug-likeness (QED) is 0.367. The molecule has 33 valence electrons. The molecule has 0 saturated heterocycles. The molecule has 0 aromatic heterocycles. The van der Waals surface area contributed by atoms with E-state index in [1.165, 1.54) is 0 Å². The first-order chi connectivity index (χ1) is 1.91. The van der Waals surface area contributed by atoms with Crippen molar-refractivity contribution in [2.75, 3.05) is 13.2 Å². The van der Waals surface area contributed by atoms with Crippen LogP contribution in [0.3, 0.4) is 0 Å². The Kier molecular flexibility index (Phi) is 16.1. The third-order valence-electron chi connectivity index (χ3n) is 0.129. The van der Waals surface area contributed by atoms with Gasteiger partial charge in [0, 0.05) is 6.54 Å². The molecule has 4 N–H and O–H groups in total. The predicted octanol–water partition coefficient (Wildman–Crippen LogP) is -1.24. The van der Waals surface area contributed by atoms with Gasteiger partial charge in [-0.3, -0.25) is 5.48 Å². The van der Waals surface area contributed by atoms with Crippen LogP contribution < -0.4 is 5.73 Å². The van der Waals surface area contributed by atoms with Crippen LogP contribution in [0.15, 0.2) is 0 Å². The second-order valence-corrected chi connectivity index (χ2v) is 0.512. The second-order valence-electron chi connectivity index (χ2n) is 0.512. The van der Waals surface area contributed by atoms with Gasteiger partial charge < -0.3 is 10.8 Å². The van der Waals surface area contributed by atoms with Crippen molar-refractivity contribution in [1.29, 1.82) is 0 Å². The van der Waals surface area contributed by atoms with Gasteiger partial charge in [-0.2, -0.15) is 0 Å². The van der Waals surface area contributed by atoms with E-state index in [4.69, 9.17) is 10.8 Å². The zero-order valence-corrected chi connectivity index (χ0v) is 2.89. The fourth-order valence-electron chi connectivity index (χ4n) is 0. The highest BCUT2D eigenvalue weighted by atomic mass is 16.3. The summed E-state index contributed by atoms with van der Waals surface area (Å²) in [6.07, 6.45) is 0. The first-order valence-electron chi connectivity index (χ1n) is 1.22. The zero-order valence-electron chi connectivity index (χ0n) is 2.89. The van der Waals surface area contributed by atoms with Gasteiger partial charge >= 0.3 is 0 Å². The molecule has 3 nitrogen and oxygen atoms in total. The van der Waals surface area contributed by atoms with E-state index < -0.39 is 0 Å². The smallest absolute Gasteiger partial charge is 0.0553 e. The first-order valence-corrected chi connectivity index (χ1v) is 1.22. The summed E-state index contributed by atoms with van der Waals surface area (Å²) in [4.78, 5) is 0. The number of nitrogens with two attached hydrogens (primary N) is 1. The highest BCUT2D eigenvalue weighted by molar-refractivity contribution is 4.17. The maximum absolute atomic E-state index is 7.75. The Balaban J connectivity index is 0. The summed E-state index contributed by atoms with van der Waals surface area (Å²) in [5.74, 6) is 0. The third-order valence-corrected chi connectivity index (χ3v) is 0.129. The van der Waals surface area contributed by atoms with Crippen molar-refractivity contribution >= 4 is 0 Å². The van der Waals surface area contributed by atoms with Crippen LogP contribution in [0, 0.1) is 0 Å². The Hall–Kier alpha value is -0.120. The molecular formula is C2H8NO2. The lowest BCUT2D eigenvalue weighted by atomic mass is 10.8. The molecule has 0 aliphatic rings. The van der Waals surface area contributed by atoms with E-state index in [0.29, 0.717) is 6.54 Å². The third kappa shape index (κ3) is 17.7. The van der Waals surface area contributed by atoms with Crippen molar-refractivity contribution in [2.24, 2.45) is 5.73 Å². The fraction of sp³-hybridized carbons (Fsp3) is 1.00. The highest BCUT2D eigenvalue weighted by Crippen LogP contribution is 1.33. The van der Waals surface area contributed by atoms with Crippen LogP contribution in [-0.4, -0.2) is 23.7 Å². The molecule has 0 fully saturated rings. The van der Waals surface area contributed by atoms with Gasteiger partial charge in [0.2, 0.25) is 0 Å². The normalized spacial score (nSPS) is 6.00. The monoisotopic (exact) mass is 78.1 g/mol. The van der Waals surface area contributed by atoms with Crippen molar-refractivity contribution in [3.8, 4) is 0 Å². The minimum atomic E-state index is 0. The van der Waals surface area contributed by atoms with Crippen LogP contribution in [0.5, 0.6) is 0 Å². The molecule has 0 aromatic rings. The molecule has 5 heavy (non-hydrogen) atoms. The average Bonchev–Trinajstić information content (AvgIpc) is 1.37. The van der Waals surface area contributed by atoms with E-state index in [-0.39, 0.29) is 12.1 Å².